The highest BCUT2D eigenvalue weighted by Crippen LogP contribution is 2.16. The van der Waals surface area contributed by atoms with E-state index in [0.717, 1.165) is 24.2 Å². The number of likely N-dealkylation sites (tertiary alicyclic amines) is 1. The van der Waals surface area contributed by atoms with E-state index >= 15 is 0 Å². The fraction of sp³-hybridized carbons (Fsp3) is 0.474. The van der Waals surface area contributed by atoms with Gasteiger partial charge in [-0.25, -0.2) is 4.79 Å². The lowest BCUT2D eigenvalue weighted by molar-refractivity contribution is -0.137. The second-order valence-corrected chi connectivity index (χ2v) is 6.07. The average molecular weight is 330 g/mol. The minimum Gasteiger partial charge on any atom is -0.463 e. The Morgan fingerprint density at radius 3 is 2.71 bits per heavy atom. The standard InChI is InChI=1S/C19H26N2O3/c1-3-24-19(23)12-9-16-7-10-17(11-8-16)20-18(22)14-21-13-5-4-6-15(21)2/h7-12,15H,3-6,13-14H2,1-2H3,(H,20,22)/b12-9+. The predicted octanol–water partition coefficient (Wildman–Crippen LogP) is 3.08. The quantitative estimate of drug-likeness (QED) is 0.643. The van der Waals surface area contributed by atoms with E-state index in [9.17, 15) is 9.59 Å². The van der Waals surface area contributed by atoms with Gasteiger partial charge in [0.2, 0.25) is 5.91 Å². The van der Waals surface area contributed by atoms with Crippen LogP contribution in [0.15, 0.2) is 30.3 Å². The van der Waals surface area contributed by atoms with Crippen molar-refractivity contribution in [1.29, 1.82) is 0 Å². The van der Waals surface area contributed by atoms with E-state index in [1.807, 2.05) is 24.3 Å². The summed E-state index contributed by atoms with van der Waals surface area (Å²) in [6, 6.07) is 7.86. The van der Waals surface area contributed by atoms with Gasteiger partial charge in [-0.2, -0.15) is 0 Å². The monoisotopic (exact) mass is 330 g/mol. The number of hydrogen-bond donors (Lipinski definition) is 1. The number of esters is 1. The zero-order chi connectivity index (χ0) is 17.4. The van der Waals surface area contributed by atoms with Gasteiger partial charge in [-0.1, -0.05) is 18.6 Å². The number of benzene rings is 1. The van der Waals surface area contributed by atoms with Gasteiger partial charge in [0.05, 0.1) is 13.2 Å². The van der Waals surface area contributed by atoms with Crippen molar-refractivity contribution in [1.82, 2.24) is 4.90 Å². The molecular weight excluding hydrogens is 304 g/mol. The Labute approximate surface area is 143 Å². The lowest BCUT2D eigenvalue weighted by atomic mass is 10.0. The molecular formula is C19H26N2O3. The summed E-state index contributed by atoms with van der Waals surface area (Å²) in [6.07, 6.45) is 6.67. The molecule has 1 aromatic rings. The Balaban J connectivity index is 1.84. The molecule has 1 aromatic carbocycles. The molecule has 0 aromatic heterocycles. The van der Waals surface area contributed by atoms with Crippen molar-refractivity contribution in [3.63, 3.8) is 0 Å². The van der Waals surface area contributed by atoms with E-state index in [-0.39, 0.29) is 11.9 Å². The van der Waals surface area contributed by atoms with E-state index in [4.69, 9.17) is 4.74 Å². The number of rotatable bonds is 6. The minimum atomic E-state index is -0.356. The smallest absolute Gasteiger partial charge is 0.330 e. The van der Waals surface area contributed by atoms with Gasteiger partial charge in [-0.15, -0.1) is 0 Å². The van der Waals surface area contributed by atoms with E-state index < -0.39 is 0 Å². The van der Waals surface area contributed by atoms with Crippen LogP contribution in [0.4, 0.5) is 5.69 Å². The molecule has 2 rings (SSSR count). The van der Waals surface area contributed by atoms with E-state index in [0.29, 0.717) is 19.2 Å². The topological polar surface area (TPSA) is 58.6 Å². The molecule has 0 bridgehead atoms. The van der Waals surface area contributed by atoms with Gasteiger partial charge in [-0.05, 0) is 57.0 Å². The van der Waals surface area contributed by atoms with Crippen molar-refractivity contribution in [2.45, 2.75) is 39.2 Å². The highest BCUT2D eigenvalue weighted by Gasteiger charge is 2.20. The maximum absolute atomic E-state index is 12.2. The Morgan fingerprint density at radius 2 is 2.04 bits per heavy atom. The van der Waals surface area contributed by atoms with Gasteiger partial charge >= 0.3 is 5.97 Å². The molecule has 0 saturated carbocycles. The third-order valence-electron chi connectivity index (χ3n) is 4.18. The molecule has 1 heterocycles. The van der Waals surface area contributed by atoms with Crippen LogP contribution in [0.2, 0.25) is 0 Å². The third kappa shape index (κ3) is 5.81. The number of carbonyl (C=O) groups excluding carboxylic acids is 2. The molecule has 1 atom stereocenters. The number of hydrogen-bond acceptors (Lipinski definition) is 4. The van der Waals surface area contributed by atoms with Crippen molar-refractivity contribution in [2.75, 3.05) is 25.0 Å². The van der Waals surface area contributed by atoms with Crippen LogP contribution in [0.5, 0.6) is 0 Å². The first-order chi connectivity index (χ1) is 11.6. The van der Waals surface area contributed by atoms with Gasteiger partial charge < -0.3 is 10.1 Å². The summed E-state index contributed by atoms with van der Waals surface area (Å²) in [7, 11) is 0. The molecule has 130 valence electrons. The van der Waals surface area contributed by atoms with Gasteiger partial charge in [0.15, 0.2) is 0 Å². The number of carbonyl (C=O) groups is 2. The molecule has 1 saturated heterocycles. The lowest BCUT2D eigenvalue weighted by Gasteiger charge is -2.32. The second kappa shape index (κ2) is 9.23. The summed E-state index contributed by atoms with van der Waals surface area (Å²) in [5, 5.41) is 2.93. The predicted molar refractivity (Wildman–Crippen MR) is 95.6 cm³/mol. The van der Waals surface area contributed by atoms with E-state index in [2.05, 4.69) is 17.1 Å². The summed E-state index contributed by atoms with van der Waals surface area (Å²) >= 11 is 0. The molecule has 1 fully saturated rings. The summed E-state index contributed by atoms with van der Waals surface area (Å²) in [5.41, 5.74) is 1.64. The highest BCUT2D eigenvalue weighted by atomic mass is 16.5. The number of amides is 1. The highest BCUT2D eigenvalue weighted by molar-refractivity contribution is 5.92. The summed E-state index contributed by atoms with van der Waals surface area (Å²) in [5.74, 6) is -0.343. The van der Waals surface area contributed by atoms with Crippen molar-refractivity contribution in [2.24, 2.45) is 0 Å². The van der Waals surface area contributed by atoms with Gasteiger partial charge in [0.1, 0.15) is 0 Å². The zero-order valence-corrected chi connectivity index (χ0v) is 14.5. The van der Waals surface area contributed by atoms with Gasteiger partial charge in [0, 0.05) is 17.8 Å². The van der Waals surface area contributed by atoms with Crippen molar-refractivity contribution >= 4 is 23.6 Å². The number of ether oxygens (including phenoxy) is 1. The van der Waals surface area contributed by atoms with Crippen molar-refractivity contribution in [3.8, 4) is 0 Å². The van der Waals surface area contributed by atoms with Crippen LogP contribution in [-0.4, -0.2) is 42.5 Å². The molecule has 1 aliphatic rings. The van der Waals surface area contributed by atoms with Crippen LogP contribution in [0.3, 0.4) is 0 Å². The van der Waals surface area contributed by atoms with Crippen LogP contribution in [0.1, 0.15) is 38.7 Å². The number of anilines is 1. The Kier molecular flexibility index (Phi) is 7.00. The fourth-order valence-electron chi connectivity index (χ4n) is 2.81. The lowest BCUT2D eigenvalue weighted by Crippen LogP contribution is -2.42. The average Bonchev–Trinajstić information content (AvgIpc) is 2.57. The molecule has 5 heteroatoms. The molecule has 5 nitrogen and oxygen atoms in total. The molecule has 0 radical (unpaired) electrons. The fourth-order valence-corrected chi connectivity index (χ4v) is 2.81. The molecule has 1 N–H and O–H groups in total. The first-order valence-corrected chi connectivity index (χ1v) is 8.57. The molecule has 1 aliphatic heterocycles. The minimum absolute atomic E-state index is 0.0126. The van der Waals surface area contributed by atoms with Crippen LogP contribution >= 0.6 is 0 Å². The van der Waals surface area contributed by atoms with Crippen LogP contribution in [0, 0.1) is 0 Å². The molecule has 1 unspecified atom stereocenters. The summed E-state index contributed by atoms with van der Waals surface area (Å²) < 4.78 is 4.83. The molecule has 1 amide bonds. The van der Waals surface area contributed by atoms with Crippen LogP contribution in [-0.2, 0) is 14.3 Å². The Bertz CT molecular complexity index is 581. The van der Waals surface area contributed by atoms with E-state index in [1.165, 1.54) is 18.9 Å². The Morgan fingerprint density at radius 1 is 1.29 bits per heavy atom. The number of nitrogens with one attached hydrogen (secondary N) is 1. The second-order valence-electron chi connectivity index (χ2n) is 6.07. The molecule has 0 aliphatic carbocycles. The zero-order valence-electron chi connectivity index (χ0n) is 14.5. The number of nitrogens with zero attached hydrogens (tertiary/aromatic N) is 1. The normalized spacial score (nSPS) is 18.5. The van der Waals surface area contributed by atoms with Crippen LogP contribution < -0.4 is 5.32 Å². The van der Waals surface area contributed by atoms with Gasteiger partial charge in [0.25, 0.3) is 0 Å². The van der Waals surface area contributed by atoms with Crippen molar-refractivity contribution < 1.29 is 14.3 Å². The maximum atomic E-state index is 12.2. The van der Waals surface area contributed by atoms with Crippen molar-refractivity contribution in [3.05, 3.63) is 35.9 Å². The third-order valence-corrected chi connectivity index (χ3v) is 4.18. The maximum Gasteiger partial charge on any atom is 0.330 e. The van der Waals surface area contributed by atoms with Crippen LogP contribution in [0.25, 0.3) is 6.08 Å². The first kappa shape index (κ1) is 18.2. The Hall–Kier alpha value is -2.14. The SMILES string of the molecule is CCOC(=O)/C=C/c1ccc(NC(=O)CN2CCCCC2C)cc1. The van der Waals surface area contributed by atoms with Gasteiger partial charge in [-0.3, -0.25) is 9.69 Å². The largest absolute Gasteiger partial charge is 0.463 e. The summed E-state index contributed by atoms with van der Waals surface area (Å²) in [6.45, 7) is 5.74. The molecule has 24 heavy (non-hydrogen) atoms. The molecule has 0 spiro atoms. The first-order valence-electron chi connectivity index (χ1n) is 8.57. The number of piperidine rings is 1. The van der Waals surface area contributed by atoms with E-state index in [1.54, 1.807) is 13.0 Å². The summed E-state index contributed by atoms with van der Waals surface area (Å²) in [4.78, 5) is 25.7.